The highest BCUT2D eigenvalue weighted by Crippen LogP contribution is 2.38. The highest BCUT2D eigenvalue weighted by Gasteiger charge is 2.36. The van der Waals surface area contributed by atoms with E-state index in [4.69, 9.17) is 0 Å². The second kappa shape index (κ2) is 9.57. The van der Waals surface area contributed by atoms with Crippen LogP contribution in [0.4, 0.5) is 24.8 Å². The molecule has 1 N–H and O–H groups in total. The van der Waals surface area contributed by atoms with E-state index in [9.17, 15) is 18.0 Å². The van der Waals surface area contributed by atoms with Gasteiger partial charge in [0.15, 0.2) is 5.65 Å². The summed E-state index contributed by atoms with van der Waals surface area (Å²) >= 11 is 0. The van der Waals surface area contributed by atoms with Crippen molar-refractivity contribution in [3.05, 3.63) is 41.2 Å². The number of anilines is 2. The molecule has 3 aromatic rings. The van der Waals surface area contributed by atoms with Crippen molar-refractivity contribution in [2.24, 2.45) is 7.05 Å². The van der Waals surface area contributed by atoms with Crippen LogP contribution in [0.2, 0.25) is 0 Å². The van der Waals surface area contributed by atoms with Gasteiger partial charge in [0.1, 0.15) is 0 Å². The first-order valence-corrected chi connectivity index (χ1v) is 11.2. The Kier molecular flexibility index (Phi) is 6.74. The summed E-state index contributed by atoms with van der Waals surface area (Å²) in [5.41, 5.74) is 1.40. The molecule has 0 aliphatic carbocycles. The Hall–Kier alpha value is -3.21. The van der Waals surface area contributed by atoms with Gasteiger partial charge >= 0.3 is 6.18 Å². The average Bonchev–Trinajstić information content (AvgIpc) is 3.44. The van der Waals surface area contributed by atoms with Crippen LogP contribution in [-0.4, -0.2) is 62.1 Å². The number of benzene rings is 1. The summed E-state index contributed by atoms with van der Waals surface area (Å²) in [6.07, 6.45) is 1.60. The van der Waals surface area contributed by atoms with Gasteiger partial charge in [-0.2, -0.15) is 23.3 Å². The predicted octanol–water partition coefficient (Wildman–Crippen LogP) is 3.74. The quantitative estimate of drug-likeness (QED) is 0.608. The number of rotatable bonds is 2. The maximum absolute atomic E-state index is 13.5. The van der Waals surface area contributed by atoms with Crippen LogP contribution in [-0.2, 0) is 31.0 Å². The fraction of sp³-hybridized carbons (Fsp3) is 0.478. The topological polar surface area (TPSA) is 79.2 Å². The lowest BCUT2D eigenvalue weighted by atomic mass is 9.93. The summed E-state index contributed by atoms with van der Waals surface area (Å²) in [5, 5.41) is 7.76. The van der Waals surface area contributed by atoms with Gasteiger partial charge in [0.2, 0.25) is 11.9 Å². The van der Waals surface area contributed by atoms with Crippen molar-refractivity contribution in [3.63, 3.8) is 0 Å². The second-order valence-corrected chi connectivity index (χ2v) is 8.73. The van der Waals surface area contributed by atoms with Gasteiger partial charge in [-0.25, -0.2) is 4.98 Å². The standard InChI is InChI=1S/C17H17F3N6.C6H11NO/c1-25-4-3-13-10(9-25)5-12(6-14(13)17(18,19)20)23-16-21-7-11-8-22-26(2)15(11)24-16;1-6(8)7-4-2-3-5-7/h5-8H,3-4,9H2,1-2H3,(H,21,23,24);2-5H2,1H3. The van der Waals surface area contributed by atoms with Crippen LogP contribution in [0, 0.1) is 0 Å². The molecular formula is C23H28F3N7O. The van der Waals surface area contributed by atoms with E-state index in [0.29, 0.717) is 42.0 Å². The van der Waals surface area contributed by atoms with Crippen LogP contribution in [0.15, 0.2) is 24.5 Å². The molecule has 4 heterocycles. The first-order valence-electron chi connectivity index (χ1n) is 11.2. The van der Waals surface area contributed by atoms with Crippen LogP contribution in [0.5, 0.6) is 0 Å². The number of aromatic nitrogens is 4. The molecule has 8 nitrogen and oxygen atoms in total. The molecule has 2 aliphatic heterocycles. The number of nitrogens with one attached hydrogen (secondary N) is 1. The molecule has 2 aliphatic rings. The van der Waals surface area contributed by atoms with E-state index in [2.05, 4.69) is 20.4 Å². The number of carbonyl (C=O) groups excluding carboxylic acids is 1. The lowest BCUT2D eigenvalue weighted by Crippen LogP contribution is -2.28. The zero-order valence-corrected chi connectivity index (χ0v) is 19.5. The average molecular weight is 476 g/mol. The van der Waals surface area contributed by atoms with Crippen LogP contribution in [0.25, 0.3) is 11.0 Å². The number of nitrogens with zero attached hydrogens (tertiary/aromatic N) is 6. The lowest BCUT2D eigenvalue weighted by Gasteiger charge is -2.28. The van der Waals surface area contributed by atoms with Crippen LogP contribution >= 0.6 is 0 Å². The van der Waals surface area contributed by atoms with Crippen molar-refractivity contribution in [3.8, 4) is 0 Å². The van der Waals surface area contributed by atoms with Gasteiger partial charge in [0.05, 0.1) is 17.1 Å². The second-order valence-electron chi connectivity index (χ2n) is 8.73. The molecular weight excluding hydrogens is 447 g/mol. The normalized spacial score (nSPS) is 16.2. The van der Waals surface area contributed by atoms with Gasteiger partial charge < -0.3 is 15.1 Å². The van der Waals surface area contributed by atoms with E-state index in [0.717, 1.165) is 24.5 Å². The number of hydrogen-bond acceptors (Lipinski definition) is 6. The zero-order valence-electron chi connectivity index (χ0n) is 19.5. The Bertz CT molecular complexity index is 1190. The number of alkyl halides is 3. The molecule has 1 fully saturated rings. The van der Waals surface area contributed by atoms with Crippen molar-refractivity contribution in [1.29, 1.82) is 0 Å². The molecule has 1 saturated heterocycles. The predicted molar refractivity (Wildman–Crippen MR) is 123 cm³/mol. The SMILES string of the molecule is CC(=O)N1CCCC1.CN1CCc2c(cc(Nc3ncc4cnn(C)c4n3)cc2C(F)(F)F)C1. The minimum Gasteiger partial charge on any atom is -0.343 e. The van der Waals surface area contributed by atoms with Crippen LogP contribution < -0.4 is 5.32 Å². The van der Waals surface area contributed by atoms with E-state index in [1.54, 1.807) is 37.1 Å². The summed E-state index contributed by atoms with van der Waals surface area (Å²) in [6, 6.07) is 2.89. The Balaban J connectivity index is 0.000000291. The number of aryl methyl sites for hydroxylation is 1. The molecule has 5 rings (SSSR count). The van der Waals surface area contributed by atoms with Gasteiger partial charge in [-0.3, -0.25) is 9.48 Å². The zero-order chi connectivity index (χ0) is 24.5. The summed E-state index contributed by atoms with van der Waals surface area (Å²) in [5.74, 6) is 0.459. The van der Waals surface area contributed by atoms with E-state index in [1.807, 2.05) is 16.8 Å². The van der Waals surface area contributed by atoms with E-state index in [1.165, 1.54) is 12.8 Å². The number of amides is 1. The van der Waals surface area contributed by atoms with Crippen LogP contribution in [0.3, 0.4) is 0 Å². The third-order valence-electron chi connectivity index (χ3n) is 6.11. The summed E-state index contributed by atoms with van der Waals surface area (Å²) in [4.78, 5) is 23.0. The Morgan fingerprint density at radius 3 is 2.47 bits per heavy atom. The highest BCUT2D eigenvalue weighted by atomic mass is 19.4. The van der Waals surface area contributed by atoms with Gasteiger partial charge in [0.25, 0.3) is 0 Å². The number of carbonyl (C=O) groups is 1. The van der Waals surface area contributed by atoms with Crippen molar-refractivity contribution >= 4 is 28.6 Å². The molecule has 0 saturated carbocycles. The minimum atomic E-state index is -4.40. The van der Waals surface area contributed by atoms with Crippen LogP contribution in [0.1, 0.15) is 36.5 Å². The van der Waals surface area contributed by atoms with Crippen molar-refractivity contribution in [2.75, 3.05) is 32.0 Å². The minimum absolute atomic E-state index is 0.225. The van der Waals surface area contributed by atoms with Gasteiger partial charge in [0, 0.05) is 52.0 Å². The van der Waals surface area contributed by atoms with E-state index < -0.39 is 11.7 Å². The van der Waals surface area contributed by atoms with Gasteiger partial charge in [-0.1, -0.05) is 0 Å². The lowest BCUT2D eigenvalue weighted by molar-refractivity contribution is -0.138. The fourth-order valence-corrected chi connectivity index (χ4v) is 4.32. The molecule has 0 spiro atoms. The third-order valence-corrected chi connectivity index (χ3v) is 6.11. The fourth-order valence-electron chi connectivity index (χ4n) is 4.32. The Morgan fingerprint density at radius 1 is 1.09 bits per heavy atom. The number of halogens is 3. The van der Waals surface area contributed by atoms with Crippen molar-refractivity contribution in [2.45, 2.75) is 38.9 Å². The molecule has 0 bridgehead atoms. The van der Waals surface area contributed by atoms with Crippen molar-refractivity contribution in [1.82, 2.24) is 29.5 Å². The molecule has 0 unspecified atom stereocenters. The van der Waals surface area contributed by atoms with Crippen molar-refractivity contribution < 1.29 is 18.0 Å². The molecule has 11 heteroatoms. The maximum atomic E-state index is 13.5. The summed E-state index contributed by atoms with van der Waals surface area (Å²) < 4.78 is 42.2. The number of fused-ring (bicyclic) bond motifs is 2. The monoisotopic (exact) mass is 475 g/mol. The maximum Gasteiger partial charge on any atom is 0.416 e. The largest absolute Gasteiger partial charge is 0.416 e. The molecule has 182 valence electrons. The van der Waals surface area contributed by atoms with E-state index in [-0.39, 0.29) is 11.9 Å². The number of likely N-dealkylation sites (N-methyl/N-ethyl adjacent to an activating group) is 1. The summed E-state index contributed by atoms with van der Waals surface area (Å²) in [7, 11) is 3.64. The molecule has 2 aromatic heterocycles. The first kappa shape index (κ1) is 23.9. The Labute approximate surface area is 195 Å². The highest BCUT2D eigenvalue weighted by molar-refractivity contribution is 5.75. The van der Waals surface area contributed by atoms with E-state index >= 15 is 0 Å². The van der Waals surface area contributed by atoms with Gasteiger partial charge in [-0.05, 0) is 49.6 Å². The first-order chi connectivity index (χ1) is 16.1. The molecule has 0 radical (unpaired) electrons. The third kappa shape index (κ3) is 5.30. The van der Waals surface area contributed by atoms with Gasteiger partial charge in [-0.15, -0.1) is 0 Å². The Morgan fingerprint density at radius 2 is 1.82 bits per heavy atom. The summed E-state index contributed by atoms with van der Waals surface area (Å²) in [6.45, 7) is 4.69. The number of likely N-dealkylation sites (tertiary alicyclic amines) is 1. The molecule has 0 atom stereocenters. The molecule has 1 amide bonds. The molecule has 34 heavy (non-hydrogen) atoms. The smallest absolute Gasteiger partial charge is 0.343 e. The number of hydrogen-bond donors (Lipinski definition) is 1. The molecule has 1 aromatic carbocycles.